The van der Waals surface area contributed by atoms with Gasteiger partial charge in [0.1, 0.15) is 0 Å². The molecule has 0 saturated heterocycles. The highest BCUT2D eigenvalue weighted by Gasteiger charge is 2.13. The van der Waals surface area contributed by atoms with Crippen LogP contribution in [0.3, 0.4) is 0 Å². The smallest absolute Gasteiger partial charge is 0.340 e. The summed E-state index contributed by atoms with van der Waals surface area (Å²) in [5.74, 6) is 0. The predicted molar refractivity (Wildman–Crippen MR) is 129 cm³/mol. The summed E-state index contributed by atoms with van der Waals surface area (Å²) in [5, 5.41) is 5.73. The van der Waals surface area contributed by atoms with Crippen LogP contribution in [0.5, 0.6) is 0 Å². The summed E-state index contributed by atoms with van der Waals surface area (Å²) in [6.45, 7) is 4.84. The Labute approximate surface area is 184 Å². The van der Waals surface area contributed by atoms with E-state index in [9.17, 15) is 9.59 Å². The van der Waals surface area contributed by atoms with Gasteiger partial charge in [-0.25, -0.2) is 4.79 Å². The van der Waals surface area contributed by atoms with Crippen LogP contribution in [-0.4, -0.2) is 20.4 Å². The first kappa shape index (κ1) is 19.8. The first-order valence-electron chi connectivity index (χ1n) is 10.4. The lowest BCUT2D eigenvalue weighted by Gasteiger charge is -2.09. The average molecular weight is 422 g/mol. The number of nitrogens with one attached hydrogen (secondary N) is 1. The summed E-state index contributed by atoms with van der Waals surface area (Å²) < 4.78 is 3.12. The Kier molecular flexibility index (Phi) is 4.82. The van der Waals surface area contributed by atoms with E-state index in [1.807, 2.05) is 25.1 Å². The number of aromatic nitrogens is 3. The van der Waals surface area contributed by atoms with E-state index in [0.717, 1.165) is 33.4 Å². The molecule has 2 aromatic heterocycles. The van der Waals surface area contributed by atoms with Crippen molar-refractivity contribution in [2.24, 2.45) is 5.10 Å². The molecule has 0 aliphatic rings. The van der Waals surface area contributed by atoms with Crippen LogP contribution in [0, 0.1) is 13.8 Å². The van der Waals surface area contributed by atoms with Crippen molar-refractivity contribution in [2.45, 2.75) is 20.4 Å². The molecule has 0 aliphatic heterocycles. The zero-order chi connectivity index (χ0) is 22.2. The van der Waals surface area contributed by atoms with Crippen molar-refractivity contribution >= 4 is 28.0 Å². The zero-order valence-corrected chi connectivity index (χ0v) is 17.9. The molecule has 5 aromatic rings. The van der Waals surface area contributed by atoms with Crippen molar-refractivity contribution in [3.63, 3.8) is 0 Å². The molecule has 6 nitrogen and oxygen atoms in total. The maximum atomic E-state index is 12.8. The fourth-order valence-electron chi connectivity index (χ4n) is 4.19. The lowest BCUT2D eigenvalue weighted by atomic mass is 10.1. The van der Waals surface area contributed by atoms with Gasteiger partial charge < -0.3 is 9.55 Å². The SMILES string of the molecule is Cc1cccc(Cn2c(C)c(C=Nn3c(=O)[nH]c4ccccc4c3=O)c3ccccc32)c1. The Bertz CT molecular complexity index is 1620. The number of nitrogens with zero attached hydrogens (tertiary/aromatic N) is 3. The molecule has 32 heavy (non-hydrogen) atoms. The number of aryl methyl sites for hydroxylation is 1. The van der Waals surface area contributed by atoms with Gasteiger partial charge in [-0.15, -0.1) is 4.68 Å². The molecule has 0 aliphatic carbocycles. The van der Waals surface area contributed by atoms with E-state index in [2.05, 4.69) is 51.9 Å². The third-order valence-corrected chi connectivity index (χ3v) is 5.79. The largest absolute Gasteiger partial charge is 0.349 e. The van der Waals surface area contributed by atoms with Crippen molar-refractivity contribution in [1.29, 1.82) is 0 Å². The molecule has 0 atom stereocenters. The number of para-hydroxylation sites is 2. The second kappa shape index (κ2) is 7.81. The summed E-state index contributed by atoms with van der Waals surface area (Å²) in [7, 11) is 0. The Morgan fingerprint density at radius 3 is 2.47 bits per heavy atom. The standard InChI is InChI=1S/C26H22N4O2/c1-17-8-7-9-19(14-17)16-29-18(2)22(20-10-4-6-13-24(20)29)15-27-30-25(31)21-11-3-5-12-23(21)28-26(30)32/h3-15H,16H2,1-2H3,(H,28,32). The molecule has 5 rings (SSSR count). The van der Waals surface area contributed by atoms with E-state index in [1.165, 1.54) is 11.1 Å². The fraction of sp³-hybridized carbons (Fsp3) is 0.115. The fourth-order valence-corrected chi connectivity index (χ4v) is 4.19. The van der Waals surface area contributed by atoms with E-state index >= 15 is 0 Å². The lowest BCUT2D eigenvalue weighted by Crippen LogP contribution is -2.32. The molecule has 0 unspecified atom stereocenters. The molecular weight excluding hydrogens is 400 g/mol. The summed E-state index contributed by atoms with van der Waals surface area (Å²) in [5.41, 5.74) is 4.89. The van der Waals surface area contributed by atoms with Gasteiger partial charge in [0.2, 0.25) is 0 Å². The van der Waals surface area contributed by atoms with Crippen LogP contribution in [0.15, 0.2) is 87.5 Å². The maximum absolute atomic E-state index is 12.8. The van der Waals surface area contributed by atoms with Crippen molar-refractivity contribution in [1.82, 2.24) is 14.2 Å². The number of fused-ring (bicyclic) bond motifs is 2. The zero-order valence-electron chi connectivity index (χ0n) is 17.9. The highest BCUT2D eigenvalue weighted by atomic mass is 16.2. The van der Waals surface area contributed by atoms with E-state index in [1.54, 1.807) is 30.5 Å². The number of benzene rings is 3. The first-order valence-corrected chi connectivity index (χ1v) is 10.4. The average Bonchev–Trinajstić information content (AvgIpc) is 3.05. The maximum Gasteiger partial charge on any atom is 0.349 e. The molecular formula is C26H22N4O2. The van der Waals surface area contributed by atoms with Gasteiger partial charge in [0.25, 0.3) is 5.56 Å². The minimum absolute atomic E-state index is 0.419. The van der Waals surface area contributed by atoms with Crippen molar-refractivity contribution in [3.05, 3.63) is 116 Å². The highest BCUT2D eigenvalue weighted by Crippen LogP contribution is 2.25. The van der Waals surface area contributed by atoms with Crippen LogP contribution >= 0.6 is 0 Å². The lowest BCUT2D eigenvalue weighted by molar-refractivity contribution is 0.770. The van der Waals surface area contributed by atoms with Crippen LogP contribution in [0.1, 0.15) is 22.4 Å². The molecule has 0 bridgehead atoms. The van der Waals surface area contributed by atoms with Crippen molar-refractivity contribution in [3.8, 4) is 0 Å². The van der Waals surface area contributed by atoms with Gasteiger partial charge in [0.05, 0.1) is 17.1 Å². The molecule has 0 saturated carbocycles. The van der Waals surface area contributed by atoms with Gasteiger partial charge in [-0.1, -0.05) is 60.2 Å². The number of hydrogen-bond donors (Lipinski definition) is 1. The highest BCUT2D eigenvalue weighted by molar-refractivity contribution is 6.01. The van der Waals surface area contributed by atoms with Gasteiger partial charge in [-0.05, 0) is 37.6 Å². The quantitative estimate of drug-likeness (QED) is 0.441. The predicted octanol–water partition coefficient (Wildman–Crippen LogP) is 4.19. The second-order valence-corrected chi connectivity index (χ2v) is 7.93. The second-order valence-electron chi connectivity index (χ2n) is 7.93. The molecule has 0 spiro atoms. The van der Waals surface area contributed by atoms with Gasteiger partial charge in [-0.3, -0.25) is 4.79 Å². The summed E-state index contributed by atoms with van der Waals surface area (Å²) in [4.78, 5) is 28.0. The molecule has 3 aromatic carbocycles. The van der Waals surface area contributed by atoms with Gasteiger partial charge in [-0.2, -0.15) is 5.10 Å². The minimum Gasteiger partial charge on any atom is -0.340 e. The summed E-state index contributed by atoms with van der Waals surface area (Å²) in [6.07, 6.45) is 1.61. The minimum atomic E-state index is -0.564. The topological polar surface area (TPSA) is 72.2 Å². The molecule has 6 heteroatoms. The molecule has 0 fully saturated rings. The Morgan fingerprint density at radius 2 is 1.66 bits per heavy atom. The van der Waals surface area contributed by atoms with Gasteiger partial charge >= 0.3 is 5.69 Å². The Balaban J connectivity index is 1.64. The van der Waals surface area contributed by atoms with Crippen LogP contribution in [0.4, 0.5) is 0 Å². The van der Waals surface area contributed by atoms with Crippen LogP contribution in [0.2, 0.25) is 0 Å². The number of hydrogen-bond acceptors (Lipinski definition) is 3. The van der Waals surface area contributed by atoms with E-state index in [-0.39, 0.29) is 0 Å². The number of rotatable bonds is 4. The monoisotopic (exact) mass is 422 g/mol. The first-order chi connectivity index (χ1) is 15.5. The summed E-state index contributed by atoms with van der Waals surface area (Å²) >= 11 is 0. The third-order valence-electron chi connectivity index (χ3n) is 5.79. The number of H-pyrrole nitrogens is 1. The normalized spacial score (nSPS) is 11.7. The van der Waals surface area contributed by atoms with Gasteiger partial charge in [0, 0.05) is 28.7 Å². The molecule has 0 radical (unpaired) electrons. The van der Waals surface area contributed by atoms with Crippen LogP contribution < -0.4 is 11.2 Å². The molecule has 1 N–H and O–H groups in total. The molecule has 0 amide bonds. The Hall–Kier alpha value is -4.19. The molecule has 158 valence electrons. The third kappa shape index (κ3) is 3.36. The summed E-state index contributed by atoms with van der Waals surface area (Å²) in [6, 6.07) is 23.4. The van der Waals surface area contributed by atoms with Gasteiger partial charge in [0.15, 0.2) is 0 Å². The van der Waals surface area contributed by atoms with Crippen molar-refractivity contribution in [2.75, 3.05) is 0 Å². The van der Waals surface area contributed by atoms with Crippen LogP contribution in [0.25, 0.3) is 21.8 Å². The Morgan fingerprint density at radius 1 is 0.906 bits per heavy atom. The van der Waals surface area contributed by atoms with E-state index in [4.69, 9.17) is 0 Å². The van der Waals surface area contributed by atoms with Crippen molar-refractivity contribution < 1.29 is 0 Å². The molecule has 2 heterocycles. The van der Waals surface area contributed by atoms with Crippen LogP contribution in [-0.2, 0) is 6.54 Å². The van der Waals surface area contributed by atoms with E-state index in [0.29, 0.717) is 10.9 Å². The number of aromatic amines is 1. The van der Waals surface area contributed by atoms with E-state index < -0.39 is 11.2 Å².